The lowest BCUT2D eigenvalue weighted by molar-refractivity contribution is -0.138. The first-order valence-electron chi connectivity index (χ1n) is 6.47. The van der Waals surface area contributed by atoms with Crippen molar-refractivity contribution in [2.45, 2.75) is 6.18 Å². The summed E-state index contributed by atoms with van der Waals surface area (Å²) >= 11 is 6.01. The van der Waals surface area contributed by atoms with Crippen LogP contribution in [0, 0.1) is 0 Å². The summed E-state index contributed by atoms with van der Waals surface area (Å²) in [5.41, 5.74) is -0.611. The fraction of sp³-hybridized carbons (Fsp3) is 0.133. The maximum absolute atomic E-state index is 13.1. The van der Waals surface area contributed by atoms with Gasteiger partial charge in [0.05, 0.1) is 29.0 Å². The molecule has 0 spiro atoms. The highest BCUT2D eigenvalue weighted by atomic mass is 35.5. The van der Waals surface area contributed by atoms with Gasteiger partial charge in [0.1, 0.15) is 5.75 Å². The van der Waals surface area contributed by atoms with Crippen LogP contribution in [0.2, 0.25) is 5.02 Å². The second-order valence-electron chi connectivity index (χ2n) is 4.85. The molecule has 0 unspecified atom stereocenters. The summed E-state index contributed by atoms with van der Waals surface area (Å²) in [7, 11) is 1.17. The van der Waals surface area contributed by atoms with E-state index in [9.17, 15) is 18.0 Å². The zero-order valence-corrected chi connectivity index (χ0v) is 12.5. The molecule has 0 bridgehead atoms. The molecule has 120 valence electrons. The molecule has 8 heteroatoms. The average Bonchev–Trinajstić information content (AvgIpc) is 2.87. The van der Waals surface area contributed by atoms with Gasteiger partial charge in [-0.2, -0.15) is 13.2 Å². The van der Waals surface area contributed by atoms with Crippen molar-refractivity contribution in [2.75, 3.05) is 7.11 Å². The topological polar surface area (TPSA) is 57.9 Å². The van der Waals surface area contributed by atoms with E-state index in [1.54, 1.807) is 6.07 Å². The Morgan fingerprint density at radius 3 is 2.57 bits per heavy atom. The Bertz CT molecular complexity index is 944. The average molecular weight is 343 g/mol. The first-order valence-corrected chi connectivity index (χ1v) is 6.84. The molecule has 0 atom stereocenters. The van der Waals surface area contributed by atoms with E-state index in [1.807, 2.05) is 0 Å². The van der Waals surface area contributed by atoms with E-state index in [-0.39, 0.29) is 21.9 Å². The normalized spacial score (nSPS) is 11.9. The number of rotatable bonds is 2. The van der Waals surface area contributed by atoms with Gasteiger partial charge < -0.3 is 14.7 Å². The molecule has 3 rings (SSSR count). The minimum Gasteiger partial charge on any atom is -0.496 e. The highest BCUT2D eigenvalue weighted by Crippen LogP contribution is 2.39. The lowest BCUT2D eigenvalue weighted by Gasteiger charge is -2.11. The van der Waals surface area contributed by atoms with E-state index in [1.165, 1.54) is 25.4 Å². The number of nitrogens with one attached hydrogen (secondary N) is 2. The van der Waals surface area contributed by atoms with Crippen LogP contribution in [-0.2, 0) is 6.18 Å². The van der Waals surface area contributed by atoms with E-state index < -0.39 is 17.3 Å². The molecule has 0 aliphatic rings. The lowest BCUT2D eigenvalue weighted by atomic mass is 10.1. The first-order chi connectivity index (χ1) is 10.8. The standard InChI is InChI=1S/C15H10ClF3N2O2/c1-23-12-5-7-4-11(13-9(16)2-3-20-14(13)22)21-10(7)6-8(12)15(17,18)19/h2-6,21H,1H3,(H,20,22). The first kappa shape index (κ1) is 15.5. The number of fused-ring (bicyclic) bond motifs is 1. The SMILES string of the molecule is COc1cc2cc(-c3c(Cl)cc[nH]c3=O)[nH]c2cc1C(F)(F)F. The van der Waals surface area contributed by atoms with Crippen LogP contribution in [0.25, 0.3) is 22.2 Å². The van der Waals surface area contributed by atoms with E-state index in [0.717, 1.165) is 6.07 Å². The van der Waals surface area contributed by atoms with Crippen LogP contribution in [-0.4, -0.2) is 17.1 Å². The fourth-order valence-corrected chi connectivity index (χ4v) is 2.64. The Kier molecular flexibility index (Phi) is 3.60. The van der Waals surface area contributed by atoms with Crippen molar-refractivity contribution in [1.82, 2.24) is 9.97 Å². The number of H-pyrrole nitrogens is 2. The summed E-state index contributed by atoms with van der Waals surface area (Å²) in [5.74, 6) is -0.288. The molecule has 0 amide bonds. The Hall–Kier alpha value is -2.41. The van der Waals surface area contributed by atoms with Crippen LogP contribution in [0.5, 0.6) is 5.75 Å². The number of hydrogen-bond donors (Lipinski definition) is 2. The van der Waals surface area contributed by atoms with Crippen LogP contribution in [0.3, 0.4) is 0 Å². The zero-order chi connectivity index (χ0) is 16.8. The van der Waals surface area contributed by atoms with Gasteiger partial charge in [-0.05, 0) is 24.3 Å². The molecule has 0 saturated heterocycles. The van der Waals surface area contributed by atoms with Gasteiger partial charge in [-0.1, -0.05) is 11.6 Å². The number of halogens is 4. The largest absolute Gasteiger partial charge is 0.496 e. The number of aromatic amines is 2. The highest BCUT2D eigenvalue weighted by Gasteiger charge is 2.35. The van der Waals surface area contributed by atoms with Crippen molar-refractivity contribution in [3.8, 4) is 17.0 Å². The smallest absolute Gasteiger partial charge is 0.420 e. The lowest BCUT2D eigenvalue weighted by Crippen LogP contribution is -2.08. The number of aromatic nitrogens is 2. The molecule has 1 aromatic carbocycles. The number of alkyl halides is 3. The molecule has 0 fully saturated rings. The molecule has 2 heterocycles. The summed E-state index contributed by atoms with van der Waals surface area (Å²) in [6.07, 6.45) is -3.16. The summed E-state index contributed by atoms with van der Waals surface area (Å²) in [4.78, 5) is 17.2. The van der Waals surface area contributed by atoms with Crippen molar-refractivity contribution in [3.63, 3.8) is 0 Å². The molecule has 0 aliphatic carbocycles. The second-order valence-corrected chi connectivity index (χ2v) is 5.26. The van der Waals surface area contributed by atoms with Gasteiger partial charge in [-0.25, -0.2) is 0 Å². The quantitative estimate of drug-likeness (QED) is 0.733. The minimum atomic E-state index is -4.55. The van der Waals surface area contributed by atoms with Crippen LogP contribution >= 0.6 is 11.6 Å². The van der Waals surface area contributed by atoms with Crippen LogP contribution in [0.15, 0.2) is 35.3 Å². The number of methoxy groups -OCH3 is 1. The maximum atomic E-state index is 13.1. The number of pyridine rings is 1. The number of ether oxygens (including phenoxy) is 1. The molecule has 0 saturated carbocycles. The molecular formula is C15H10ClF3N2O2. The summed E-state index contributed by atoms with van der Waals surface area (Å²) < 4.78 is 44.0. The highest BCUT2D eigenvalue weighted by molar-refractivity contribution is 6.33. The van der Waals surface area contributed by atoms with Gasteiger partial charge >= 0.3 is 6.18 Å². The number of hydrogen-bond acceptors (Lipinski definition) is 2. The molecular weight excluding hydrogens is 333 g/mol. The molecule has 4 nitrogen and oxygen atoms in total. The van der Waals surface area contributed by atoms with Crippen molar-refractivity contribution in [1.29, 1.82) is 0 Å². The van der Waals surface area contributed by atoms with Crippen LogP contribution in [0.1, 0.15) is 5.56 Å². The Balaban J connectivity index is 2.26. The van der Waals surface area contributed by atoms with Gasteiger partial charge in [0, 0.05) is 17.1 Å². The van der Waals surface area contributed by atoms with Crippen molar-refractivity contribution in [3.05, 3.63) is 51.4 Å². The monoisotopic (exact) mass is 342 g/mol. The van der Waals surface area contributed by atoms with E-state index in [2.05, 4.69) is 9.97 Å². The summed E-state index contributed by atoms with van der Waals surface area (Å²) in [6, 6.07) is 5.26. The van der Waals surface area contributed by atoms with Gasteiger partial charge in [-0.3, -0.25) is 4.79 Å². The third-order valence-corrected chi connectivity index (χ3v) is 3.74. The third-order valence-electron chi connectivity index (χ3n) is 3.43. The maximum Gasteiger partial charge on any atom is 0.420 e. The van der Waals surface area contributed by atoms with Crippen molar-refractivity contribution < 1.29 is 17.9 Å². The zero-order valence-electron chi connectivity index (χ0n) is 11.7. The Morgan fingerprint density at radius 1 is 1.22 bits per heavy atom. The van der Waals surface area contributed by atoms with E-state index in [0.29, 0.717) is 11.1 Å². The van der Waals surface area contributed by atoms with Gasteiger partial charge in [0.15, 0.2) is 0 Å². The summed E-state index contributed by atoms with van der Waals surface area (Å²) in [6.45, 7) is 0. The van der Waals surface area contributed by atoms with Gasteiger partial charge in [0.25, 0.3) is 5.56 Å². The third kappa shape index (κ3) is 2.68. The minimum absolute atomic E-state index is 0.165. The predicted octanol–water partition coefficient (Wildman–Crippen LogP) is 4.20. The van der Waals surface area contributed by atoms with Crippen molar-refractivity contribution >= 4 is 22.5 Å². The van der Waals surface area contributed by atoms with E-state index in [4.69, 9.17) is 16.3 Å². The predicted molar refractivity (Wildman–Crippen MR) is 80.9 cm³/mol. The molecule has 0 radical (unpaired) electrons. The molecule has 0 aliphatic heterocycles. The Labute approximate surface area is 132 Å². The van der Waals surface area contributed by atoms with Crippen LogP contribution < -0.4 is 10.3 Å². The molecule has 3 aromatic rings. The number of benzene rings is 1. The molecule has 2 aromatic heterocycles. The van der Waals surface area contributed by atoms with Crippen molar-refractivity contribution in [2.24, 2.45) is 0 Å². The van der Waals surface area contributed by atoms with Gasteiger partial charge in [0.2, 0.25) is 0 Å². The molecule has 2 N–H and O–H groups in total. The van der Waals surface area contributed by atoms with E-state index >= 15 is 0 Å². The van der Waals surface area contributed by atoms with Gasteiger partial charge in [-0.15, -0.1) is 0 Å². The van der Waals surface area contributed by atoms with Crippen LogP contribution in [0.4, 0.5) is 13.2 Å². The molecule has 23 heavy (non-hydrogen) atoms. The Morgan fingerprint density at radius 2 is 1.96 bits per heavy atom. The second kappa shape index (κ2) is 5.34. The fourth-order valence-electron chi connectivity index (χ4n) is 2.39. The summed E-state index contributed by atoms with van der Waals surface area (Å²) in [5, 5.41) is 0.674.